The van der Waals surface area contributed by atoms with Crippen LogP contribution < -0.4 is 5.32 Å². The molecule has 0 aliphatic rings. The standard InChI is InChI=1S/C10H17NO2S2/c1-10(2,3)15(12,13)7-5-11-9-4-6-14-8-9/h4,6,8,11H,5,7H2,1-3H3. The van der Waals surface area contributed by atoms with Gasteiger partial charge in [-0.1, -0.05) is 0 Å². The molecule has 0 aliphatic carbocycles. The topological polar surface area (TPSA) is 46.2 Å². The molecule has 1 aromatic heterocycles. The van der Waals surface area contributed by atoms with Crippen LogP contribution in [0.4, 0.5) is 5.69 Å². The fraction of sp³-hybridized carbons (Fsp3) is 0.600. The molecule has 1 N–H and O–H groups in total. The van der Waals surface area contributed by atoms with E-state index in [2.05, 4.69) is 5.32 Å². The highest BCUT2D eigenvalue weighted by atomic mass is 32.2. The smallest absolute Gasteiger partial charge is 0.156 e. The first kappa shape index (κ1) is 12.5. The third-order valence-corrected chi connectivity index (χ3v) is 5.44. The Morgan fingerprint density at radius 1 is 1.40 bits per heavy atom. The van der Waals surface area contributed by atoms with E-state index in [9.17, 15) is 8.42 Å². The lowest BCUT2D eigenvalue weighted by atomic mass is 10.3. The first-order chi connectivity index (χ1) is 6.83. The molecule has 0 saturated heterocycles. The van der Waals surface area contributed by atoms with Gasteiger partial charge < -0.3 is 5.32 Å². The van der Waals surface area contributed by atoms with Crippen molar-refractivity contribution in [1.29, 1.82) is 0 Å². The van der Waals surface area contributed by atoms with E-state index < -0.39 is 14.6 Å². The van der Waals surface area contributed by atoms with Crippen LogP contribution in [0.25, 0.3) is 0 Å². The van der Waals surface area contributed by atoms with Crippen LogP contribution in [-0.4, -0.2) is 25.5 Å². The molecule has 1 rings (SSSR count). The fourth-order valence-corrected chi connectivity index (χ4v) is 2.60. The number of nitrogens with one attached hydrogen (secondary N) is 1. The summed E-state index contributed by atoms with van der Waals surface area (Å²) in [5.41, 5.74) is 0.990. The van der Waals surface area contributed by atoms with E-state index in [1.807, 2.05) is 16.8 Å². The van der Waals surface area contributed by atoms with Crippen LogP contribution in [0, 0.1) is 0 Å². The Bertz CT molecular complexity index is 388. The van der Waals surface area contributed by atoms with Crippen molar-refractivity contribution >= 4 is 26.9 Å². The van der Waals surface area contributed by atoms with E-state index in [-0.39, 0.29) is 5.75 Å². The Labute approximate surface area is 95.4 Å². The molecule has 0 saturated carbocycles. The molecule has 0 radical (unpaired) electrons. The number of sulfone groups is 1. The Hall–Kier alpha value is -0.550. The number of rotatable bonds is 4. The molecule has 0 bridgehead atoms. The minimum atomic E-state index is -3.01. The van der Waals surface area contributed by atoms with E-state index in [0.717, 1.165) is 5.69 Å². The molecule has 0 aromatic carbocycles. The lowest BCUT2D eigenvalue weighted by Crippen LogP contribution is -2.32. The molecular formula is C10H17NO2S2. The predicted octanol–water partition coefficient (Wildman–Crippen LogP) is 2.37. The van der Waals surface area contributed by atoms with Crippen molar-refractivity contribution in [2.24, 2.45) is 0 Å². The first-order valence-electron chi connectivity index (χ1n) is 4.81. The lowest BCUT2D eigenvalue weighted by molar-refractivity contribution is 0.560. The Morgan fingerprint density at radius 3 is 2.53 bits per heavy atom. The molecule has 1 heterocycles. The summed E-state index contributed by atoms with van der Waals surface area (Å²) in [6.45, 7) is 5.66. The second kappa shape index (κ2) is 4.53. The Kier molecular flexibility index (Phi) is 3.78. The molecule has 15 heavy (non-hydrogen) atoms. The number of hydrogen-bond acceptors (Lipinski definition) is 4. The number of thiophene rings is 1. The third kappa shape index (κ3) is 3.50. The third-order valence-electron chi connectivity index (χ3n) is 2.15. The Balaban J connectivity index is 2.45. The normalized spacial score (nSPS) is 12.7. The fourth-order valence-electron chi connectivity index (χ4n) is 1.00. The minimum Gasteiger partial charge on any atom is -0.383 e. The highest BCUT2D eigenvalue weighted by Gasteiger charge is 2.28. The summed E-state index contributed by atoms with van der Waals surface area (Å²) in [5.74, 6) is 0.173. The van der Waals surface area contributed by atoms with Crippen molar-refractivity contribution < 1.29 is 8.42 Å². The van der Waals surface area contributed by atoms with Gasteiger partial charge in [0, 0.05) is 17.6 Å². The average molecular weight is 247 g/mol. The summed E-state index contributed by atoms with van der Waals surface area (Å²) in [6.07, 6.45) is 0. The zero-order valence-corrected chi connectivity index (χ0v) is 10.9. The number of hydrogen-bond donors (Lipinski definition) is 1. The molecule has 3 nitrogen and oxygen atoms in total. The van der Waals surface area contributed by atoms with Gasteiger partial charge in [0.05, 0.1) is 10.5 Å². The Morgan fingerprint density at radius 2 is 2.07 bits per heavy atom. The second-order valence-electron chi connectivity index (χ2n) is 4.37. The summed E-state index contributed by atoms with van der Waals surface area (Å²) >= 11 is 1.59. The van der Waals surface area contributed by atoms with Crippen molar-refractivity contribution in [2.75, 3.05) is 17.6 Å². The second-order valence-corrected chi connectivity index (χ2v) is 8.01. The van der Waals surface area contributed by atoms with Crippen molar-refractivity contribution in [1.82, 2.24) is 0 Å². The van der Waals surface area contributed by atoms with Gasteiger partial charge in [0.2, 0.25) is 0 Å². The summed E-state index contributed by atoms with van der Waals surface area (Å²) in [5, 5.41) is 7.01. The van der Waals surface area contributed by atoms with E-state index in [1.54, 1.807) is 32.1 Å². The van der Waals surface area contributed by atoms with E-state index in [1.165, 1.54) is 0 Å². The van der Waals surface area contributed by atoms with Gasteiger partial charge in [-0.2, -0.15) is 11.3 Å². The molecule has 0 fully saturated rings. The highest BCUT2D eigenvalue weighted by molar-refractivity contribution is 7.92. The molecule has 0 unspecified atom stereocenters. The van der Waals surface area contributed by atoms with Gasteiger partial charge in [0.1, 0.15) is 0 Å². The van der Waals surface area contributed by atoms with Crippen LogP contribution in [0.2, 0.25) is 0 Å². The lowest BCUT2D eigenvalue weighted by Gasteiger charge is -2.19. The van der Waals surface area contributed by atoms with Crippen LogP contribution in [0.5, 0.6) is 0 Å². The van der Waals surface area contributed by atoms with Crippen molar-refractivity contribution in [3.05, 3.63) is 16.8 Å². The summed E-state index contributed by atoms with van der Waals surface area (Å²) < 4.78 is 22.8. The van der Waals surface area contributed by atoms with Crippen molar-refractivity contribution in [2.45, 2.75) is 25.5 Å². The predicted molar refractivity (Wildman–Crippen MR) is 66.3 cm³/mol. The first-order valence-corrected chi connectivity index (χ1v) is 7.41. The van der Waals surface area contributed by atoms with E-state index in [0.29, 0.717) is 6.54 Å². The van der Waals surface area contributed by atoms with Gasteiger partial charge in [-0.3, -0.25) is 0 Å². The minimum absolute atomic E-state index is 0.173. The van der Waals surface area contributed by atoms with Gasteiger partial charge in [-0.15, -0.1) is 0 Å². The maximum absolute atomic E-state index is 11.7. The van der Waals surface area contributed by atoms with Crippen molar-refractivity contribution in [3.8, 4) is 0 Å². The molecule has 0 spiro atoms. The quantitative estimate of drug-likeness (QED) is 0.888. The molecule has 5 heteroatoms. The molecule has 1 aromatic rings. The van der Waals surface area contributed by atoms with Crippen LogP contribution in [0.3, 0.4) is 0 Å². The van der Waals surface area contributed by atoms with Crippen LogP contribution in [0.1, 0.15) is 20.8 Å². The highest BCUT2D eigenvalue weighted by Crippen LogP contribution is 2.16. The maximum Gasteiger partial charge on any atom is 0.156 e. The molecule has 0 amide bonds. The van der Waals surface area contributed by atoms with Crippen molar-refractivity contribution in [3.63, 3.8) is 0 Å². The zero-order chi connectivity index (χ0) is 11.5. The van der Waals surface area contributed by atoms with Gasteiger partial charge >= 0.3 is 0 Å². The van der Waals surface area contributed by atoms with Gasteiger partial charge in [-0.25, -0.2) is 8.42 Å². The summed E-state index contributed by atoms with van der Waals surface area (Å²) in [7, 11) is -3.01. The number of anilines is 1. The van der Waals surface area contributed by atoms with Crippen LogP contribution >= 0.6 is 11.3 Å². The van der Waals surface area contributed by atoms with Gasteiger partial charge in [0.25, 0.3) is 0 Å². The van der Waals surface area contributed by atoms with Crippen LogP contribution in [0.15, 0.2) is 16.8 Å². The molecule has 86 valence electrons. The van der Waals surface area contributed by atoms with E-state index in [4.69, 9.17) is 0 Å². The van der Waals surface area contributed by atoms with Gasteiger partial charge in [0.15, 0.2) is 9.84 Å². The van der Waals surface area contributed by atoms with Crippen LogP contribution in [-0.2, 0) is 9.84 Å². The SMILES string of the molecule is CC(C)(C)S(=O)(=O)CCNc1ccsc1. The zero-order valence-electron chi connectivity index (χ0n) is 9.28. The van der Waals surface area contributed by atoms with E-state index >= 15 is 0 Å². The molecule has 0 atom stereocenters. The summed E-state index contributed by atoms with van der Waals surface area (Å²) in [6, 6.07) is 1.94. The molecular weight excluding hydrogens is 230 g/mol. The molecule has 0 aliphatic heterocycles. The van der Waals surface area contributed by atoms with Gasteiger partial charge in [-0.05, 0) is 32.2 Å². The maximum atomic E-state index is 11.7. The largest absolute Gasteiger partial charge is 0.383 e. The average Bonchev–Trinajstić information content (AvgIpc) is 2.54. The monoisotopic (exact) mass is 247 g/mol. The summed E-state index contributed by atoms with van der Waals surface area (Å²) in [4.78, 5) is 0.